The highest BCUT2D eigenvalue weighted by Gasteiger charge is 2.50. The summed E-state index contributed by atoms with van der Waals surface area (Å²) in [7, 11) is 1.29. The van der Waals surface area contributed by atoms with Crippen LogP contribution in [0.5, 0.6) is 5.75 Å². The quantitative estimate of drug-likeness (QED) is 0.246. The number of halogens is 3. The van der Waals surface area contributed by atoms with Gasteiger partial charge in [0, 0.05) is 54.0 Å². The van der Waals surface area contributed by atoms with Crippen LogP contribution in [0.2, 0.25) is 10.0 Å². The van der Waals surface area contributed by atoms with Gasteiger partial charge in [0.15, 0.2) is 6.73 Å². The van der Waals surface area contributed by atoms with Crippen molar-refractivity contribution in [2.75, 3.05) is 63.0 Å². The predicted octanol–water partition coefficient (Wildman–Crippen LogP) is 7.39. The molecule has 5 heterocycles. The van der Waals surface area contributed by atoms with E-state index in [9.17, 15) is 14.4 Å². The summed E-state index contributed by atoms with van der Waals surface area (Å²) in [5.41, 5.74) is 2.64. The fourth-order valence-electron chi connectivity index (χ4n) is 8.62. The van der Waals surface area contributed by atoms with Gasteiger partial charge in [-0.05, 0) is 64.3 Å². The second-order valence-electron chi connectivity index (χ2n) is 16.0. The molecule has 4 saturated heterocycles. The first-order valence-corrected chi connectivity index (χ1v) is 19.0. The number of hydrogen-bond donors (Lipinski definition) is 0. The van der Waals surface area contributed by atoms with E-state index in [2.05, 4.69) is 9.80 Å². The summed E-state index contributed by atoms with van der Waals surface area (Å²) in [4.78, 5) is 47.0. The number of methoxy groups -OCH3 is 1. The Bertz CT molecular complexity index is 1990. The van der Waals surface area contributed by atoms with Crippen LogP contribution in [0.3, 0.4) is 0 Å². The second-order valence-corrected chi connectivity index (χ2v) is 16.8. The van der Waals surface area contributed by atoms with Gasteiger partial charge in [-0.25, -0.2) is 14.0 Å². The monoisotopic (exact) mass is 780 g/mol. The summed E-state index contributed by atoms with van der Waals surface area (Å²) in [6.07, 6.45) is 2.41. The lowest BCUT2D eigenvalue weighted by Gasteiger charge is -2.49. The van der Waals surface area contributed by atoms with Crippen LogP contribution in [0, 0.1) is 11.2 Å². The summed E-state index contributed by atoms with van der Waals surface area (Å²) in [6, 6.07) is 12.0. The van der Waals surface area contributed by atoms with Gasteiger partial charge in [-0.15, -0.1) is 0 Å². The van der Waals surface area contributed by atoms with Crippen molar-refractivity contribution in [1.82, 2.24) is 9.80 Å². The summed E-state index contributed by atoms with van der Waals surface area (Å²) in [6.45, 7) is 9.44. The van der Waals surface area contributed by atoms with Crippen LogP contribution >= 0.6 is 23.2 Å². The highest BCUT2D eigenvalue weighted by molar-refractivity contribution is 6.40. The van der Waals surface area contributed by atoms with E-state index < -0.39 is 23.3 Å². The maximum absolute atomic E-state index is 16.0. The highest BCUT2D eigenvalue weighted by atomic mass is 35.5. The molecule has 0 saturated carbocycles. The molecule has 2 amide bonds. The van der Waals surface area contributed by atoms with Gasteiger partial charge < -0.3 is 38.5 Å². The van der Waals surface area contributed by atoms with Crippen LogP contribution in [0.4, 0.5) is 20.6 Å². The Morgan fingerprint density at radius 2 is 1.65 bits per heavy atom. The number of benzene rings is 3. The van der Waals surface area contributed by atoms with Gasteiger partial charge in [0.1, 0.15) is 17.2 Å². The molecule has 0 N–H and O–H groups in total. The Labute approximate surface area is 323 Å². The number of nitrogens with zero attached hydrogens (tertiary/aromatic N) is 4. The first-order valence-electron chi connectivity index (χ1n) is 18.3. The van der Waals surface area contributed by atoms with Crippen molar-refractivity contribution in [2.45, 2.75) is 64.3 Å². The Hall–Kier alpha value is -4.26. The number of hydrogen-bond acceptors (Lipinski definition) is 9. The molecule has 5 aliphatic rings. The molecule has 0 radical (unpaired) electrons. The number of anilines is 2. The van der Waals surface area contributed by atoms with Crippen LogP contribution < -0.4 is 14.5 Å². The second kappa shape index (κ2) is 13.8. The average Bonchev–Trinajstić information content (AvgIpc) is 3.67. The van der Waals surface area contributed by atoms with Crippen LogP contribution in [0.15, 0.2) is 42.5 Å². The van der Waals surface area contributed by atoms with Gasteiger partial charge >= 0.3 is 12.1 Å². The number of rotatable bonds is 5. The fraction of sp³-hybridized carbons (Fsp3) is 0.475. The van der Waals surface area contributed by atoms with Crippen molar-refractivity contribution >= 4 is 52.5 Å². The molecule has 1 spiro atoms. The van der Waals surface area contributed by atoms with E-state index >= 15 is 4.39 Å². The normalized spacial score (nSPS) is 21.5. The topological polar surface area (TPSA) is 101 Å². The lowest BCUT2D eigenvalue weighted by atomic mass is 9.78. The van der Waals surface area contributed by atoms with Crippen molar-refractivity contribution in [3.8, 4) is 16.9 Å². The van der Waals surface area contributed by atoms with Gasteiger partial charge in [0.25, 0.3) is 5.91 Å². The number of para-hydroxylation sites is 1. The van der Waals surface area contributed by atoms with E-state index in [1.807, 2.05) is 26.8 Å². The molecule has 286 valence electrons. The molecule has 0 aromatic heterocycles. The van der Waals surface area contributed by atoms with Crippen LogP contribution in [0.25, 0.3) is 11.1 Å². The van der Waals surface area contributed by atoms with E-state index in [-0.39, 0.29) is 63.6 Å². The van der Waals surface area contributed by atoms with Crippen molar-refractivity contribution in [3.05, 3.63) is 75.0 Å². The van der Waals surface area contributed by atoms with E-state index in [1.54, 1.807) is 35.2 Å². The molecule has 0 aliphatic carbocycles. The van der Waals surface area contributed by atoms with Crippen LogP contribution in [0.1, 0.15) is 66.3 Å². The van der Waals surface area contributed by atoms with E-state index in [1.165, 1.54) is 18.1 Å². The smallest absolute Gasteiger partial charge is 0.410 e. The summed E-state index contributed by atoms with van der Waals surface area (Å²) < 4.78 is 38.6. The van der Waals surface area contributed by atoms with Crippen LogP contribution in [-0.4, -0.2) is 98.7 Å². The number of likely N-dealkylation sites (tertiary alicyclic amines) is 1. The van der Waals surface area contributed by atoms with Crippen LogP contribution in [-0.2, 0) is 20.8 Å². The third-order valence-electron chi connectivity index (χ3n) is 11.2. The Morgan fingerprint density at radius 1 is 0.944 bits per heavy atom. The summed E-state index contributed by atoms with van der Waals surface area (Å²) >= 11 is 13.5. The zero-order valence-corrected chi connectivity index (χ0v) is 32.3. The Balaban J connectivity index is 0.992. The number of esters is 1. The molecular formula is C40H43Cl2FN4O7. The molecule has 14 heteroatoms. The van der Waals surface area contributed by atoms with Gasteiger partial charge in [0.2, 0.25) is 0 Å². The largest absolute Gasteiger partial charge is 0.472 e. The maximum Gasteiger partial charge on any atom is 0.410 e. The standard InChI is InChI=1S/C40H43Cl2FN4O7/c1-39(2,3)54-38(50)44-11-10-40(19-44)20-46(21-40)26-12-30(41)34(31(42)13-26)36(48)45-16-23-6-5-7-27(35(23)53-22-45)28-15-33(29(14-32(28)43)37(49)51-4)47-24-8-9-25(47)18-52-17-24/h5-7,12-15,24-25H,8-11,16-22H2,1-4H3. The number of carbonyl (C=O) groups excluding carboxylic acids is 3. The zero-order chi connectivity index (χ0) is 38.1. The van der Waals surface area contributed by atoms with Gasteiger partial charge in [0.05, 0.1) is 65.8 Å². The Kier molecular flexibility index (Phi) is 9.38. The number of morpholine rings is 1. The minimum atomic E-state index is -0.610. The Morgan fingerprint density at radius 3 is 2.31 bits per heavy atom. The number of amides is 2. The predicted molar refractivity (Wildman–Crippen MR) is 202 cm³/mol. The summed E-state index contributed by atoms with van der Waals surface area (Å²) in [5, 5.41) is 0.448. The molecule has 5 aliphatic heterocycles. The average molecular weight is 782 g/mol. The minimum Gasteiger partial charge on any atom is -0.472 e. The first kappa shape index (κ1) is 36.7. The van der Waals surface area contributed by atoms with Gasteiger partial charge in [-0.1, -0.05) is 41.4 Å². The summed E-state index contributed by atoms with van der Waals surface area (Å²) in [5.74, 6) is -1.13. The van der Waals surface area contributed by atoms with E-state index in [0.29, 0.717) is 48.9 Å². The van der Waals surface area contributed by atoms with Crippen molar-refractivity contribution < 1.29 is 37.7 Å². The number of fused-ring (bicyclic) bond motifs is 3. The molecule has 4 fully saturated rings. The number of carbonyl (C=O) groups is 3. The van der Waals surface area contributed by atoms with Crippen molar-refractivity contribution in [3.63, 3.8) is 0 Å². The third-order valence-corrected chi connectivity index (χ3v) is 11.8. The van der Waals surface area contributed by atoms with Crippen molar-refractivity contribution in [2.24, 2.45) is 5.41 Å². The molecule has 2 unspecified atom stereocenters. The lowest BCUT2D eigenvalue weighted by Crippen LogP contribution is -2.58. The first-order chi connectivity index (χ1) is 25.7. The third kappa shape index (κ3) is 6.60. The molecular weight excluding hydrogens is 738 g/mol. The van der Waals surface area contributed by atoms with Crippen molar-refractivity contribution in [1.29, 1.82) is 0 Å². The van der Waals surface area contributed by atoms with Gasteiger partial charge in [-0.2, -0.15) is 0 Å². The molecule has 2 bridgehead atoms. The SMILES string of the molecule is COC(=O)c1cc(F)c(-c2cccc3c2OCN(C(=O)c2c(Cl)cc(N4CC5(CCN(C(=O)OC(C)(C)C)C5)C4)cc2Cl)C3)cc1N1C2CCC1COC2. The number of ether oxygens (including phenoxy) is 4. The fourth-order valence-corrected chi connectivity index (χ4v) is 9.26. The van der Waals surface area contributed by atoms with Gasteiger partial charge in [-0.3, -0.25) is 4.79 Å². The maximum atomic E-state index is 16.0. The molecule has 11 nitrogen and oxygen atoms in total. The van der Waals surface area contributed by atoms with E-state index in [4.69, 9.17) is 42.1 Å². The van der Waals surface area contributed by atoms with E-state index in [0.717, 1.165) is 38.0 Å². The molecule has 3 aromatic rings. The molecule has 3 aromatic carbocycles. The molecule has 8 rings (SSSR count). The zero-order valence-electron chi connectivity index (χ0n) is 30.8. The molecule has 54 heavy (non-hydrogen) atoms. The lowest BCUT2D eigenvalue weighted by molar-refractivity contribution is 0.0264. The highest BCUT2D eigenvalue weighted by Crippen LogP contribution is 2.46. The molecule has 2 atom stereocenters. The minimum absolute atomic E-state index is 0.0300.